The van der Waals surface area contributed by atoms with Gasteiger partial charge in [0.1, 0.15) is 0 Å². The molecule has 1 aliphatic heterocycles. The Morgan fingerprint density at radius 3 is 2.79 bits per heavy atom. The second kappa shape index (κ2) is 7.47. The molecule has 0 spiro atoms. The maximum absolute atomic E-state index is 13.0. The van der Waals surface area contributed by atoms with E-state index >= 15 is 0 Å². The molecule has 0 radical (unpaired) electrons. The average molecular weight is 328 g/mol. The number of benzene rings is 1. The quantitative estimate of drug-likeness (QED) is 0.872. The maximum atomic E-state index is 13.0. The Morgan fingerprint density at radius 2 is 1.92 bits per heavy atom. The SMILES string of the molecule is Cn1nc(C(=O)N2CCCCCCNC(=O)CC2)c2ccccc21. The van der Waals surface area contributed by atoms with Gasteiger partial charge in [0.25, 0.3) is 5.91 Å². The first kappa shape index (κ1) is 16.5. The van der Waals surface area contributed by atoms with Crippen molar-refractivity contribution < 1.29 is 9.59 Å². The zero-order valence-electron chi connectivity index (χ0n) is 14.1. The van der Waals surface area contributed by atoms with Crippen LogP contribution in [0, 0.1) is 0 Å². The van der Waals surface area contributed by atoms with Crippen LogP contribution in [0.1, 0.15) is 42.6 Å². The summed E-state index contributed by atoms with van der Waals surface area (Å²) in [5.74, 6) is -0.0700. The van der Waals surface area contributed by atoms with E-state index in [1.54, 1.807) is 9.58 Å². The standard InChI is InChI=1S/C18H24N4O2/c1-21-15-9-5-4-8-14(15)17(20-21)18(24)22-12-7-3-2-6-11-19-16(23)10-13-22/h4-5,8-9H,2-3,6-7,10-13H2,1H3,(H,19,23). The number of rotatable bonds is 1. The Bertz CT molecular complexity index is 738. The van der Waals surface area contributed by atoms with Gasteiger partial charge in [-0.05, 0) is 18.9 Å². The lowest BCUT2D eigenvalue weighted by Gasteiger charge is -2.21. The molecule has 3 rings (SSSR count). The molecule has 2 aromatic rings. The summed E-state index contributed by atoms with van der Waals surface area (Å²) in [7, 11) is 1.85. The molecule has 0 aliphatic carbocycles. The van der Waals surface area contributed by atoms with E-state index in [1.165, 1.54) is 0 Å². The molecule has 1 N–H and O–H groups in total. The van der Waals surface area contributed by atoms with Gasteiger partial charge in [0.15, 0.2) is 5.69 Å². The summed E-state index contributed by atoms with van der Waals surface area (Å²) in [6.45, 7) is 1.85. The molecule has 1 aliphatic rings. The fraction of sp³-hybridized carbons (Fsp3) is 0.500. The van der Waals surface area contributed by atoms with Crippen LogP contribution in [0.15, 0.2) is 24.3 Å². The average Bonchev–Trinajstić information content (AvgIpc) is 2.90. The van der Waals surface area contributed by atoms with Crippen molar-refractivity contribution in [1.29, 1.82) is 0 Å². The normalized spacial score (nSPS) is 17.4. The molecule has 0 bridgehead atoms. The van der Waals surface area contributed by atoms with Gasteiger partial charge in [-0.25, -0.2) is 0 Å². The summed E-state index contributed by atoms with van der Waals surface area (Å²) in [5.41, 5.74) is 1.42. The van der Waals surface area contributed by atoms with Crippen LogP contribution in [-0.4, -0.2) is 46.1 Å². The summed E-state index contributed by atoms with van der Waals surface area (Å²) in [6.07, 6.45) is 4.46. The highest BCUT2D eigenvalue weighted by molar-refractivity contribution is 6.04. The Balaban J connectivity index is 1.83. The highest BCUT2D eigenvalue weighted by Crippen LogP contribution is 2.19. The van der Waals surface area contributed by atoms with Crippen LogP contribution in [0.2, 0.25) is 0 Å². The monoisotopic (exact) mass is 328 g/mol. The van der Waals surface area contributed by atoms with Crippen molar-refractivity contribution in [2.24, 2.45) is 7.05 Å². The van der Waals surface area contributed by atoms with Gasteiger partial charge in [-0.2, -0.15) is 5.10 Å². The lowest BCUT2D eigenvalue weighted by atomic mass is 10.1. The van der Waals surface area contributed by atoms with Gasteiger partial charge in [-0.3, -0.25) is 14.3 Å². The van der Waals surface area contributed by atoms with Crippen LogP contribution in [0.25, 0.3) is 10.9 Å². The first-order valence-electron chi connectivity index (χ1n) is 8.64. The topological polar surface area (TPSA) is 67.2 Å². The number of hydrogen-bond donors (Lipinski definition) is 1. The summed E-state index contributed by atoms with van der Waals surface area (Å²) in [5, 5.41) is 8.20. The van der Waals surface area contributed by atoms with Gasteiger partial charge in [-0.1, -0.05) is 31.0 Å². The minimum Gasteiger partial charge on any atom is -0.356 e. The van der Waals surface area contributed by atoms with Crippen molar-refractivity contribution in [3.63, 3.8) is 0 Å². The van der Waals surface area contributed by atoms with E-state index in [-0.39, 0.29) is 11.8 Å². The minimum absolute atomic E-state index is 0.0144. The van der Waals surface area contributed by atoms with E-state index in [0.29, 0.717) is 25.2 Å². The number of carbonyl (C=O) groups is 2. The summed E-state index contributed by atoms with van der Waals surface area (Å²) >= 11 is 0. The van der Waals surface area contributed by atoms with Crippen LogP contribution in [0.4, 0.5) is 0 Å². The highest BCUT2D eigenvalue weighted by atomic mass is 16.2. The Hall–Kier alpha value is -2.37. The number of nitrogens with zero attached hydrogens (tertiary/aromatic N) is 3. The van der Waals surface area contributed by atoms with Crippen molar-refractivity contribution in [2.45, 2.75) is 32.1 Å². The number of carbonyl (C=O) groups excluding carboxylic acids is 2. The van der Waals surface area contributed by atoms with Gasteiger partial charge in [0, 0.05) is 38.5 Å². The molecular weight excluding hydrogens is 304 g/mol. The molecule has 0 atom stereocenters. The predicted octanol–water partition coefficient (Wildman–Crippen LogP) is 2.10. The molecule has 6 heteroatoms. The molecule has 0 saturated carbocycles. The second-order valence-electron chi connectivity index (χ2n) is 6.30. The first-order chi connectivity index (χ1) is 11.7. The molecule has 6 nitrogen and oxygen atoms in total. The molecule has 2 amide bonds. The Kier molecular flexibility index (Phi) is 5.13. The van der Waals surface area contributed by atoms with Crippen LogP contribution in [-0.2, 0) is 11.8 Å². The van der Waals surface area contributed by atoms with Gasteiger partial charge in [0.05, 0.1) is 5.52 Å². The minimum atomic E-state index is -0.0844. The zero-order valence-corrected chi connectivity index (χ0v) is 14.1. The van der Waals surface area contributed by atoms with Crippen molar-refractivity contribution in [3.8, 4) is 0 Å². The van der Waals surface area contributed by atoms with E-state index in [9.17, 15) is 9.59 Å². The van der Waals surface area contributed by atoms with Gasteiger partial charge >= 0.3 is 0 Å². The fourth-order valence-corrected chi connectivity index (χ4v) is 3.17. The van der Waals surface area contributed by atoms with Gasteiger partial charge in [-0.15, -0.1) is 0 Å². The maximum Gasteiger partial charge on any atom is 0.275 e. The van der Waals surface area contributed by atoms with Crippen molar-refractivity contribution in [2.75, 3.05) is 19.6 Å². The Labute approximate surface area is 141 Å². The number of hydrogen-bond acceptors (Lipinski definition) is 3. The van der Waals surface area contributed by atoms with E-state index in [1.807, 2.05) is 31.3 Å². The lowest BCUT2D eigenvalue weighted by Crippen LogP contribution is -2.36. The van der Waals surface area contributed by atoms with Gasteiger partial charge in [0.2, 0.25) is 5.91 Å². The molecule has 1 saturated heterocycles. The molecule has 1 fully saturated rings. The first-order valence-corrected chi connectivity index (χ1v) is 8.64. The lowest BCUT2D eigenvalue weighted by molar-refractivity contribution is -0.121. The third-order valence-corrected chi connectivity index (χ3v) is 4.53. The van der Waals surface area contributed by atoms with E-state index in [2.05, 4.69) is 10.4 Å². The molecule has 2 heterocycles. The van der Waals surface area contributed by atoms with E-state index in [0.717, 1.165) is 43.1 Å². The van der Waals surface area contributed by atoms with Gasteiger partial charge < -0.3 is 10.2 Å². The number of aryl methyl sites for hydroxylation is 1. The number of para-hydroxylation sites is 1. The predicted molar refractivity (Wildman–Crippen MR) is 92.7 cm³/mol. The summed E-state index contributed by atoms with van der Waals surface area (Å²) in [4.78, 5) is 26.6. The van der Waals surface area contributed by atoms with E-state index < -0.39 is 0 Å². The molecule has 24 heavy (non-hydrogen) atoms. The zero-order chi connectivity index (χ0) is 16.9. The van der Waals surface area contributed by atoms with E-state index in [4.69, 9.17) is 0 Å². The molecular formula is C18H24N4O2. The highest BCUT2D eigenvalue weighted by Gasteiger charge is 2.22. The molecule has 128 valence electrons. The van der Waals surface area contributed by atoms with Crippen LogP contribution >= 0.6 is 0 Å². The van der Waals surface area contributed by atoms with Crippen LogP contribution in [0.5, 0.6) is 0 Å². The smallest absolute Gasteiger partial charge is 0.275 e. The third-order valence-electron chi connectivity index (χ3n) is 4.53. The second-order valence-corrected chi connectivity index (χ2v) is 6.30. The summed E-state index contributed by atoms with van der Waals surface area (Å²) in [6, 6.07) is 7.74. The van der Waals surface area contributed by atoms with Crippen LogP contribution in [0.3, 0.4) is 0 Å². The van der Waals surface area contributed by atoms with Crippen LogP contribution < -0.4 is 5.32 Å². The molecule has 1 aromatic heterocycles. The van der Waals surface area contributed by atoms with Crippen molar-refractivity contribution in [3.05, 3.63) is 30.0 Å². The third kappa shape index (κ3) is 3.58. The number of aromatic nitrogens is 2. The summed E-state index contributed by atoms with van der Waals surface area (Å²) < 4.78 is 1.74. The fourth-order valence-electron chi connectivity index (χ4n) is 3.17. The molecule has 1 aromatic carbocycles. The number of amides is 2. The van der Waals surface area contributed by atoms with Crippen molar-refractivity contribution in [1.82, 2.24) is 20.0 Å². The number of fused-ring (bicyclic) bond motifs is 1. The largest absolute Gasteiger partial charge is 0.356 e. The molecule has 0 unspecified atom stereocenters. The number of nitrogens with one attached hydrogen (secondary N) is 1. The Morgan fingerprint density at radius 1 is 1.12 bits per heavy atom. The van der Waals surface area contributed by atoms with Crippen molar-refractivity contribution >= 4 is 22.7 Å².